The van der Waals surface area contributed by atoms with E-state index in [1.165, 1.54) is 0 Å². The summed E-state index contributed by atoms with van der Waals surface area (Å²) in [5.41, 5.74) is -0.302. The van der Waals surface area contributed by atoms with Gasteiger partial charge in [-0.3, -0.25) is 4.79 Å². The van der Waals surface area contributed by atoms with Crippen LogP contribution in [0.15, 0.2) is 0 Å². The van der Waals surface area contributed by atoms with E-state index < -0.39 is 0 Å². The molecule has 1 aliphatic heterocycles. The Kier molecular flexibility index (Phi) is 6.96. The van der Waals surface area contributed by atoms with E-state index in [1.807, 2.05) is 0 Å². The van der Waals surface area contributed by atoms with Crippen LogP contribution >= 0.6 is 0 Å². The Morgan fingerprint density at radius 1 is 1.40 bits per heavy atom. The van der Waals surface area contributed by atoms with Gasteiger partial charge in [0.05, 0.1) is 5.54 Å². The fraction of sp³-hybridized carbons (Fsp3) is 0.938. The topological polar surface area (TPSA) is 44.4 Å². The van der Waals surface area contributed by atoms with E-state index in [-0.39, 0.29) is 11.4 Å². The maximum atomic E-state index is 12.6. The Morgan fingerprint density at radius 3 is 2.55 bits per heavy atom. The van der Waals surface area contributed by atoms with Crippen molar-refractivity contribution in [1.82, 2.24) is 15.5 Å². The molecule has 2 N–H and O–H groups in total. The molecule has 118 valence electrons. The van der Waals surface area contributed by atoms with E-state index in [4.69, 9.17) is 0 Å². The average Bonchev–Trinajstić information content (AvgIpc) is 2.83. The lowest BCUT2D eigenvalue weighted by Crippen LogP contribution is -2.55. The monoisotopic (exact) mass is 283 g/mol. The number of hydrogen-bond acceptors (Lipinski definition) is 3. The first-order valence-corrected chi connectivity index (χ1v) is 8.11. The summed E-state index contributed by atoms with van der Waals surface area (Å²) in [5.74, 6) is 0.848. The van der Waals surface area contributed by atoms with Crippen LogP contribution in [0.2, 0.25) is 0 Å². The minimum atomic E-state index is -0.302. The molecule has 0 aliphatic carbocycles. The molecule has 4 nitrogen and oxygen atoms in total. The third-order valence-corrected chi connectivity index (χ3v) is 4.33. The Hall–Kier alpha value is -0.610. The molecule has 20 heavy (non-hydrogen) atoms. The van der Waals surface area contributed by atoms with Gasteiger partial charge >= 0.3 is 0 Å². The summed E-state index contributed by atoms with van der Waals surface area (Å²) in [6, 6.07) is 0.416. The highest BCUT2D eigenvalue weighted by Crippen LogP contribution is 2.25. The van der Waals surface area contributed by atoms with E-state index in [0.29, 0.717) is 12.0 Å². The zero-order valence-corrected chi connectivity index (χ0v) is 14.0. The molecule has 0 aromatic carbocycles. The molecule has 0 aromatic rings. The van der Waals surface area contributed by atoms with Gasteiger partial charge in [0.15, 0.2) is 0 Å². The first-order chi connectivity index (χ1) is 9.41. The van der Waals surface area contributed by atoms with Crippen molar-refractivity contribution in [3.8, 4) is 0 Å². The zero-order chi connectivity index (χ0) is 15.2. The minimum absolute atomic E-state index is 0.201. The van der Waals surface area contributed by atoms with Crippen LogP contribution in [0.1, 0.15) is 52.9 Å². The summed E-state index contributed by atoms with van der Waals surface area (Å²) in [7, 11) is 4.18. The van der Waals surface area contributed by atoms with Gasteiger partial charge in [-0.15, -0.1) is 0 Å². The summed E-state index contributed by atoms with van der Waals surface area (Å²) in [6.45, 7) is 8.33. The van der Waals surface area contributed by atoms with E-state index >= 15 is 0 Å². The maximum absolute atomic E-state index is 12.6. The molecule has 4 heteroatoms. The Bertz CT molecular complexity index is 296. The van der Waals surface area contributed by atoms with Crippen LogP contribution in [0.5, 0.6) is 0 Å². The predicted molar refractivity (Wildman–Crippen MR) is 84.8 cm³/mol. The largest absolute Gasteiger partial charge is 0.353 e. The predicted octanol–water partition coefficient (Wildman–Crippen LogP) is 2.00. The second-order valence-corrected chi connectivity index (χ2v) is 6.82. The molecule has 0 bridgehead atoms. The van der Waals surface area contributed by atoms with Crippen molar-refractivity contribution in [2.24, 2.45) is 5.92 Å². The van der Waals surface area contributed by atoms with Gasteiger partial charge in [0.1, 0.15) is 0 Å². The van der Waals surface area contributed by atoms with Crippen molar-refractivity contribution in [2.75, 3.05) is 27.2 Å². The fourth-order valence-electron chi connectivity index (χ4n) is 3.15. The quantitative estimate of drug-likeness (QED) is 0.716. The second kappa shape index (κ2) is 7.99. The number of carbonyl (C=O) groups is 1. The van der Waals surface area contributed by atoms with E-state index in [0.717, 1.165) is 45.2 Å². The van der Waals surface area contributed by atoms with Crippen LogP contribution in [0.3, 0.4) is 0 Å². The van der Waals surface area contributed by atoms with Gasteiger partial charge in [0, 0.05) is 12.6 Å². The SMILES string of the molecule is CCCC1(C(=O)NCC(CC(C)C)N(C)C)CCCN1. The molecule has 0 saturated carbocycles. The molecule has 1 heterocycles. The summed E-state index contributed by atoms with van der Waals surface area (Å²) < 4.78 is 0. The first kappa shape index (κ1) is 17.4. The van der Waals surface area contributed by atoms with Crippen molar-refractivity contribution in [3.05, 3.63) is 0 Å². The highest BCUT2D eigenvalue weighted by atomic mass is 16.2. The third kappa shape index (κ3) is 4.74. The molecule has 2 unspecified atom stereocenters. The Labute approximate surface area is 124 Å². The molecule has 1 saturated heterocycles. The molecule has 1 aliphatic rings. The summed E-state index contributed by atoms with van der Waals surface area (Å²) in [6.07, 6.45) is 5.18. The summed E-state index contributed by atoms with van der Waals surface area (Å²) in [4.78, 5) is 14.8. The van der Waals surface area contributed by atoms with E-state index in [1.54, 1.807) is 0 Å². The number of amides is 1. The van der Waals surface area contributed by atoms with Crippen molar-refractivity contribution in [2.45, 2.75) is 64.5 Å². The van der Waals surface area contributed by atoms with Gasteiger partial charge < -0.3 is 15.5 Å². The fourth-order valence-corrected chi connectivity index (χ4v) is 3.15. The number of likely N-dealkylation sites (N-methyl/N-ethyl adjacent to an activating group) is 1. The van der Waals surface area contributed by atoms with Gasteiger partial charge in [-0.2, -0.15) is 0 Å². The molecular formula is C16H33N3O. The van der Waals surface area contributed by atoms with E-state index in [2.05, 4.69) is 50.4 Å². The number of nitrogens with one attached hydrogen (secondary N) is 2. The first-order valence-electron chi connectivity index (χ1n) is 8.11. The zero-order valence-electron chi connectivity index (χ0n) is 14.0. The van der Waals surface area contributed by atoms with Crippen molar-refractivity contribution in [1.29, 1.82) is 0 Å². The normalized spacial score (nSPS) is 24.4. The molecule has 0 spiro atoms. The number of rotatable bonds is 8. The lowest BCUT2D eigenvalue weighted by molar-refractivity contribution is -0.127. The van der Waals surface area contributed by atoms with Crippen LogP contribution in [-0.2, 0) is 4.79 Å². The van der Waals surface area contributed by atoms with Crippen LogP contribution in [-0.4, -0.2) is 49.6 Å². The molecular weight excluding hydrogens is 250 g/mol. The van der Waals surface area contributed by atoms with Crippen LogP contribution < -0.4 is 10.6 Å². The molecule has 2 atom stereocenters. The standard InChI is InChI=1S/C16H33N3O/c1-6-8-16(9-7-10-18-16)15(20)17-12-14(19(4)5)11-13(2)3/h13-14,18H,6-12H2,1-5H3,(H,17,20). The van der Waals surface area contributed by atoms with Gasteiger partial charge in [0.2, 0.25) is 5.91 Å². The van der Waals surface area contributed by atoms with Crippen molar-refractivity contribution in [3.63, 3.8) is 0 Å². The maximum Gasteiger partial charge on any atom is 0.240 e. The summed E-state index contributed by atoms with van der Waals surface area (Å²) >= 11 is 0. The van der Waals surface area contributed by atoms with Crippen molar-refractivity contribution >= 4 is 5.91 Å². The number of nitrogens with zero attached hydrogens (tertiary/aromatic N) is 1. The summed E-state index contributed by atoms with van der Waals surface area (Å²) in [5, 5.41) is 6.63. The second-order valence-electron chi connectivity index (χ2n) is 6.82. The van der Waals surface area contributed by atoms with Gasteiger partial charge in [0.25, 0.3) is 0 Å². The average molecular weight is 283 g/mol. The van der Waals surface area contributed by atoms with E-state index in [9.17, 15) is 4.79 Å². The smallest absolute Gasteiger partial charge is 0.240 e. The van der Waals surface area contributed by atoms with Gasteiger partial charge in [-0.1, -0.05) is 27.2 Å². The number of hydrogen-bond donors (Lipinski definition) is 2. The highest BCUT2D eigenvalue weighted by Gasteiger charge is 2.39. The number of carbonyl (C=O) groups excluding carboxylic acids is 1. The Balaban J connectivity index is 2.55. The minimum Gasteiger partial charge on any atom is -0.353 e. The van der Waals surface area contributed by atoms with Crippen LogP contribution in [0.25, 0.3) is 0 Å². The molecule has 1 amide bonds. The van der Waals surface area contributed by atoms with Crippen LogP contribution in [0.4, 0.5) is 0 Å². The molecule has 0 radical (unpaired) electrons. The third-order valence-electron chi connectivity index (χ3n) is 4.33. The lowest BCUT2D eigenvalue weighted by atomic mass is 9.90. The Morgan fingerprint density at radius 2 is 2.10 bits per heavy atom. The lowest BCUT2D eigenvalue weighted by Gasteiger charge is -2.31. The molecule has 1 fully saturated rings. The van der Waals surface area contributed by atoms with Gasteiger partial charge in [-0.05, 0) is 52.2 Å². The van der Waals surface area contributed by atoms with Crippen LogP contribution in [0, 0.1) is 5.92 Å². The highest BCUT2D eigenvalue weighted by molar-refractivity contribution is 5.86. The van der Waals surface area contributed by atoms with Gasteiger partial charge in [-0.25, -0.2) is 0 Å². The molecule has 0 aromatic heterocycles. The molecule has 1 rings (SSSR count). The van der Waals surface area contributed by atoms with Crippen molar-refractivity contribution < 1.29 is 4.79 Å².